The minimum atomic E-state index is -2.81. The molecule has 0 bridgehead atoms. The number of hydrogen-bond donors (Lipinski definition) is 2. The number of carboxylic acids is 1. The third-order valence-corrected chi connectivity index (χ3v) is 2.23. The number of carboxylic acid groups (broad SMARTS) is 1. The van der Waals surface area contributed by atoms with E-state index >= 15 is 0 Å². The summed E-state index contributed by atoms with van der Waals surface area (Å²) in [6, 6.07) is 4.86. The average molecular weight is 214 g/mol. The predicted molar refractivity (Wildman–Crippen MR) is 48.8 cm³/mol. The number of benzene rings is 1. The summed E-state index contributed by atoms with van der Waals surface area (Å²) in [6.07, 6.45) is 0. The van der Waals surface area contributed by atoms with Gasteiger partial charge in [-0.25, -0.2) is 4.79 Å². The number of hydrogen-bond acceptors (Lipinski definition) is 4. The minimum Gasteiger partial charge on any atom is -0.508 e. The third-order valence-electron chi connectivity index (χ3n) is 1.49. The Hall–Kier alpha value is -1.82. The van der Waals surface area contributed by atoms with Crippen LogP contribution >= 0.6 is 0 Å². The second-order valence-corrected chi connectivity index (χ2v) is 3.29. The maximum Gasteiger partial charge on any atom is 0.352 e. The van der Waals surface area contributed by atoms with Gasteiger partial charge in [-0.1, -0.05) is 0 Å². The molecule has 0 heterocycles. The molecule has 0 atom stereocenters. The van der Waals surface area contributed by atoms with E-state index in [-0.39, 0.29) is 11.3 Å². The maximum absolute atomic E-state index is 10.5. The molecule has 1 aromatic carbocycles. The highest BCUT2D eigenvalue weighted by Crippen LogP contribution is 2.10. The summed E-state index contributed by atoms with van der Waals surface area (Å²) in [7, 11) is -2.81. The molecule has 0 saturated heterocycles. The molecule has 6 heteroatoms. The predicted octanol–water partition coefficient (Wildman–Crippen LogP) is -0.124. The van der Waals surface area contributed by atoms with Gasteiger partial charge in [-0.05, 0) is 24.3 Å². The SMILES string of the molecule is O=C(O)C(c1ccc(O)cc1)=S(=O)=O. The zero-order valence-electron chi connectivity index (χ0n) is 6.84. The summed E-state index contributed by atoms with van der Waals surface area (Å²) in [5.41, 5.74) is 0.0311. The minimum absolute atomic E-state index is 0.0311. The molecule has 74 valence electrons. The number of aliphatic carboxylic acids is 1. The molecular weight excluding hydrogens is 208 g/mol. The molecule has 1 aromatic rings. The summed E-state index contributed by atoms with van der Waals surface area (Å²) >= 11 is 0. The van der Waals surface area contributed by atoms with Crippen molar-refractivity contribution in [2.24, 2.45) is 0 Å². The van der Waals surface area contributed by atoms with Crippen LogP contribution in [0.4, 0.5) is 0 Å². The van der Waals surface area contributed by atoms with Gasteiger partial charge in [0.15, 0.2) is 4.86 Å². The van der Waals surface area contributed by atoms with Crippen LogP contribution in [0.15, 0.2) is 24.3 Å². The Morgan fingerprint density at radius 2 is 1.64 bits per heavy atom. The van der Waals surface area contributed by atoms with Crippen LogP contribution in [0.2, 0.25) is 0 Å². The van der Waals surface area contributed by atoms with Gasteiger partial charge in [0.05, 0.1) is 0 Å². The van der Waals surface area contributed by atoms with Crippen LogP contribution in [0.25, 0.3) is 0 Å². The second-order valence-electron chi connectivity index (χ2n) is 2.42. The molecular formula is C8H6O5S. The van der Waals surface area contributed by atoms with Crippen LogP contribution in [0.3, 0.4) is 0 Å². The molecule has 0 aliphatic carbocycles. The van der Waals surface area contributed by atoms with E-state index in [0.29, 0.717) is 0 Å². The molecule has 5 nitrogen and oxygen atoms in total. The molecule has 0 saturated carbocycles. The van der Waals surface area contributed by atoms with Gasteiger partial charge in [-0.2, -0.15) is 8.42 Å². The molecule has 14 heavy (non-hydrogen) atoms. The lowest BCUT2D eigenvalue weighted by molar-refractivity contribution is -0.129. The first-order valence-corrected chi connectivity index (χ1v) is 4.59. The first-order valence-electron chi connectivity index (χ1n) is 3.51. The quantitative estimate of drug-likeness (QED) is 0.528. The maximum atomic E-state index is 10.5. The van der Waals surface area contributed by atoms with Gasteiger partial charge in [0.25, 0.3) is 0 Å². The molecule has 0 aromatic heterocycles. The van der Waals surface area contributed by atoms with Gasteiger partial charge in [0.2, 0.25) is 10.3 Å². The van der Waals surface area contributed by atoms with E-state index in [2.05, 4.69) is 0 Å². The Kier molecular flexibility index (Phi) is 2.88. The van der Waals surface area contributed by atoms with Gasteiger partial charge < -0.3 is 10.2 Å². The molecule has 1 rings (SSSR count). The van der Waals surface area contributed by atoms with E-state index in [9.17, 15) is 13.2 Å². The van der Waals surface area contributed by atoms with Crippen molar-refractivity contribution in [1.29, 1.82) is 0 Å². The number of phenols is 1. The summed E-state index contributed by atoms with van der Waals surface area (Å²) in [6.45, 7) is 0. The monoisotopic (exact) mass is 214 g/mol. The smallest absolute Gasteiger partial charge is 0.352 e. The first-order chi connectivity index (χ1) is 6.52. The van der Waals surface area contributed by atoms with Crippen LogP contribution in [0.5, 0.6) is 5.75 Å². The van der Waals surface area contributed by atoms with E-state index in [1.807, 2.05) is 0 Å². The standard InChI is InChI=1S/C8H6O5S/c9-6-3-1-5(2-4-6)7(8(10)11)14(12)13/h1-4,9H,(H,10,11). The highest BCUT2D eigenvalue weighted by Gasteiger charge is 2.13. The van der Waals surface area contributed by atoms with Crippen LogP contribution in [-0.2, 0) is 15.1 Å². The summed E-state index contributed by atoms with van der Waals surface area (Å²) in [5.74, 6) is -1.58. The fourth-order valence-corrected chi connectivity index (χ4v) is 1.37. The van der Waals surface area contributed by atoms with Crippen molar-refractivity contribution in [2.75, 3.05) is 0 Å². The molecule has 2 N–H and O–H groups in total. The molecule has 0 fully saturated rings. The van der Waals surface area contributed by atoms with Crippen molar-refractivity contribution < 1.29 is 23.4 Å². The Morgan fingerprint density at radius 1 is 1.14 bits per heavy atom. The van der Waals surface area contributed by atoms with Crippen molar-refractivity contribution in [2.45, 2.75) is 0 Å². The number of aromatic hydroxyl groups is 1. The highest BCUT2D eigenvalue weighted by molar-refractivity contribution is 7.75. The number of carbonyl (C=O) groups is 1. The van der Waals surface area contributed by atoms with Gasteiger partial charge in [0.1, 0.15) is 5.75 Å². The van der Waals surface area contributed by atoms with Crippen molar-refractivity contribution in [1.82, 2.24) is 0 Å². The lowest BCUT2D eigenvalue weighted by Gasteiger charge is -1.97. The van der Waals surface area contributed by atoms with Gasteiger partial charge in [0, 0.05) is 5.56 Å². The molecule has 0 amide bonds. The van der Waals surface area contributed by atoms with E-state index < -0.39 is 21.1 Å². The van der Waals surface area contributed by atoms with E-state index in [4.69, 9.17) is 10.2 Å². The third kappa shape index (κ3) is 2.11. The normalized spacial score (nSPS) is 9.43. The Bertz CT molecular complexity index is 475. The number of rotatable bonds is 2. The van der Waals surface area contributed by atoms with Crippen molar-refractivity contribution in [3.05, 3.63) is 29.8 Å². The lowest BCUT2D eigenvalue weighted by Crippen LogP contribution is -2.15. The number of phenolic OH excluding ortho intramolecular Hbond substituents is 1. The van der Waals surface area contributed by atoms with Crippen molar-refractivity contribution in [3.8, 4) is 5.75 Å². The van der Waals surface area contributed by atoms with Crippen LogP contribution in [0.1, 0.15) is 5.56 Å². The Labute approximate surface area is 80.8 Å². The summed E-state index contributed by atoms with van der Waals surface area (Å²) in [5, 5.41) is 17.5. The molecule has 0 unspecified atom stereocenters. The fraction of sp³-hybridized carbons (Fsp3) is 0. The first kappa shape index (κ1) is 10.3. The van der Waals surface area contributed by atoms with E-state index in [0.717, 1.165) is 0 Å². The largest absolute Gasteiger partial charge is 0.508 e. The van der Waals surface area contributed by atoms with Crippen molar-refractivity contribution in [3.63, 3.8) is 0 Å². The zero-order valence-corrected chi connectivity index (χ0v) is 7.65. The summed E-state index contributed by atoms with van der Waals surface area (Å²) in [4.78, 5) is 9.82. The van der Waals surface area contributed by atoms with Gasteiger partial charge >= 0.3 is 5.97 Å². The fourth-order valence-electron chi connectivity index (χ4n) is 0.904. The Balaban J connectivity index is 3.36. The average Bonchev–Trinajstić information content (AvgIpc) is 2.07. The van der Waals surface area contributed by atoms with Gasteiger partial charge in [-0.3, -0.25) is 0 Å². The summed E-state index contributed by atoms with van der Waals surface area (Å²) < 4.78 is 21.1. The highest BCUT2D eigenvalue weighted by atomic mass is 32.2. The molecule has 0 spiro atoms. The topological polar surface area (TPSA) is 91.7 Å². The molecule has 0 aliphatic rings. The second kappa shape index (κ2) is 3.93. The van der Waals surface area contributed by atoms with E-state index in [1.165, 1.54) is 24.3 Å². The van der Waals surface area contributed by atoms with Crippen LogP contribution in [-0.4, -0.2) is 29.5 Å². The zero-order chi connectivity index (χ0) is 10.7. The van der Waals surface area contributed by atoms with Crippen LogP contribution < -0.4 is 0 Å². The molecule has 0 radical (unpaired) electrons. The molecule has 0 aliphatic heterocycles. The van der Waals surface area contributed by atoms with Crippen molar-refractivity contribution >= 4 is 21.1 Å². The van der Waals surface area contributed by atoms with Crippen LogP contribution in [0, 0.1) is 0 Å². The van der Waals surface area contributed by atoms with E-state index in [1.54, 1.807) is 0 Å². The lowest BCUT2D eigenvalue weighted by atomic mass is 10.1. The Morgan fingerprint density at radius 3 is 2.00 bits per heavy atom. The van der Waals surface area contributed by atoms with Gasteiger partial charge in [-0.15, -0.1) is 0 Å².